The smallest absolute Gasteiger partial charge is 0.426 e. The van der Waals surface area contributed by atoms with E-state index in [1.54, 1.807) is 42.5 Å². The monoisotopic (exact) mass is 268 g/mol. The van der Waals surface area contributed by atoms with E-state index in [9.17, 15) is 4.79 Å². The summed E-state index contributed by atoms with van der Waals surface area (Å²) in [5.41, 5.74) is 1.47. The molecular weight excluding hydrogens is 254 g/mol. The highest BCUT2D eigenvalue weighted by Crippen LogP contribution is 2.30. The summed E-state index contributed by atoms with van der Waals surface area (Å²) in [6.45, 7) is 2.27. The number of carbonyl (C=O) groups is 1. The van der Waals surface area contributed by atoms with Crippen molar-refractivity contribution in [3.8, 4) is 5.75 Å². The average molecular weight is 268 g/mol. The van der Waals surface area contributed by atoms with E-state index in [1.165, 1.54) is 0 Å². The molecule has 0 unspecified atom stereocenters. The first-order valence-corrected chi connectivity index (χ1v) is 6.23. The number of amides is 1. The molecule has 0 aliphatic rings. The zero-order valence-electron chi connectivity index (χ0n) is 11.0. The maximum atomic E-state index is 12.0. The van der Waals surface area contributed by atoms with Crippen molar-refractivity contribution in [2.24, 2.45) is 0 Å². The van der Waals surface area contributed by atoms with Gasteiger partial charge in [0, 0.05) is 23.4 Å². The minimum atomic E-state index is -0.207. The number of benzene rings is 2. The van der Waals surface area contributed by atoms with E-state index in [-0.39, 0.29) is 5.91 Å². The van der Waals surface area contributed by atoms with Crippen LogP contribution in [0.4, 0.5) is 11.4 Å². The lowest BCUT2D eigenvalue weighted by molar-refractivity contribution is 0.102. The molecule has 0 aliphatic heterocycles. The third-order valence-corrected chi connectivity index (χ3v) is 2.66. The van der Waals surface area contributed by atoms with Crippen LogP contribution < -0.4 is 10.1 Å². The van der Waals surface area contributed by atoms with E-state index in [0.29, 0.717) is 29.3 Å². The predicted molar refractivity (Wildman–Crippen MR) is 76.8 cm³/mol. The molecule has 5 heteroatoms. The second-order valence-corrected chi connectivity index (χ2v) is 4.04. The average Bonchev–Trinajstić information content (AvgIpc) is 2.49. The molecule has 100 valence electrons. The minimum absolute atomic E-state index is 0.207. The number of hydrogen-bond donors (Lipinski definition) is 1. The van der Waals surface area contributed by atoms with Gasteiger partial charge in [0.2, 0.25) is 11.1 Å². The van der Waals surface area contributed by atoms with Gasteiger partial charge in [0.1, 0.15) is 0 Å². The van der Waals surface area contributed by atoms with Crippen LogP contribution in [0.5, 0.6) is 5.75 Å². The van der Waals surface area contributed by atoms with Crippen molar-refractivity contribution in [2.75, 3.05) is 11.9 Å². The molecule has 2 aromatic carbocycles. The Balaban J connectivity index is 2.20. The fourth-order valence-electron chi connectivity index (χ4n) is 1.74. The van der Waals surface area contributed by atoms with Gasteiger partial charge in [0.25, 0.3) is 5.91 Å². The Morgan fingerprint density at radius 3 is 2.65 bits per heavy atom. The van der Waals surface area contributed by atoms with Crippen LogP contribution in [0.2, 0.25) is 0 Å². The zero-order chi connectivity index (χ0) is 14.4. The maximum absolute atomic E-state index is 12.0. The lowest BCUT2D eigenvalue weighted by Gasteiger charge is -2.06. The van der Waals surface area contributed by atoms with Crippen LogP contribution in [0.3, 0.4) is 0 Å². The summed E-state index contributed by atoms with van der Waals surface area (Å²) in [4.78, 5) is 15.1. The third kappa shape index (κ3) is 3.12. The molecule has 0 spiro atoms. The topological polar surface area (TPSA) is 66.5 Å². The Kier molecular flexibility index (Phi) is 4.30. The molecule has 0 atom stereocenters. The molecular formula is C15H14N3O2+. The molecule has 0 fully saturated rings. The largest absolute Gasteiger partial charge is 0.486 e. The highest BCUT2D eigenvalue weighted by Gasteiger charge is 2.16. The van der Waals surface area contributed by atoms with Gasteiger partial charge in [-0.05, 0) is 25.1 Å². The summed E-state index contributed by atoms with van der Waals surface area (Å²) in [7, 11) is 0. The summed E-state index contributed by atoms with van der Waals surface area (Å²) in [5.74, 6) is 0.211. The second kappa shape index (κ2) is 6.34. The van der Waals surface area contributed by atoms with Crippen LogP contribution in [0.15, 0.2) is 48.5 Å². The van der Waals surface area contributed by atoms with Crippen molar-refractivity contribution in [1.29, 1.82) is 5.39 Å². The zero-order valence-corrected chi connectivity index (χ0v) is 11.0. The van der Waals surface area contributed by atoms with E-state index in [2.05, 4.69) is 10.3 Å². The maximum Gasteiger partial charge on any atom is 0.426 e. The number of anilines is 1. The van der Waals surface area contributed by atoms with Crippen LogP contribution in [0.25, 0.3) is 4.98 Å². The third-order valence-electron chi connectivity index (χ3n) is 2.66. The molecule has 0 saturated carbocycles. The highest BCUT2D eigenvalue weighted by molar-refractivity contribution is 6.04. The predicted octanol–water partition coefficient (Wildman–Crippen LogP) is 3.82. The molecule has 1 amide bonds. The Morgan fingerprint density at radius 1 is 1.25 bits per heavy atom. The molecule has 0 radical (unpaired) electrons. The van der Waals surface area contributed by atoms with E-state index in [0.717, 1.165) is 0 Å². The second-order valence-electron chi connectivity index (χ2n) is 4.04. The summed E-state index contributed by atoms with van der Waals surface area (Å²) in [6, 6.07) is 13.8. The summed E-state index contributed by atoms with van der Waals surface area (Å²) in [5, 5.41) is 11.6. The Hall–Kier alpha value is -2.87. The van der Waals surface area contributed by atoms with Crippen LogP contribution in [-0.2, 0) is 0 Å². The number of nitrogens with zero attached hydrogens (tertiary/aromatic N) is 2. The van der Waals surface area contributed by atoms with Crippen LogP contribution in [0.1, 0.15) is 17.3 Å². The Morgan fingerprint density at radius 2 is 2.00 bits per heavy atom. The van der Waals surface area contributed by atoms with Gasteiger partial charge in [-0.1, -0.05) is 18.2 Å². The molecule has 0 bridgehead atoms. The fourth-order valence-corrected chi connectivity index (χ4v) is 1.74. The molecule has 0 aromatic heterocycles. The van der Waals surface area contributed by atoms with E-state index in [1.807, 2.05) is 13.0 Å². The van der Waals surface area contributed by atoms with E-state index < -0.39 is 0 Å². The lowest BCUT2D eigenvalue weighted by atomic mass is 10.2. The minimum Gasteiger partial charge on any atom is -0.486 e. The number of rotatable bonds is 4. The van der Waals surface area contributed by atoms with E-state index in [4.69, 9.17) is 10.1 Å². The molecule has 2 aromatic rings. The molecule has 5 nitrogen and oxygen atoms in total. The number of ether oxygens (including phenoxy) is 1. The van der Waals surface area contributed by atoms with Crippen molar-refractivity contribution in [2.45, 2.75) is 6.92 Å². The van der Waals surface area contributed by atoms with Gasteiger partial charge in [-0.3, -0.25) is 4.79 Å². The van der Waals surface area contributed by atoms with E-state index >= 15 is 0 Å². The molecule has 1 N–H and O–H groups in total. The molecule has 0 aliphatic carbocycles. The Bertz CT molecular complexity index is 648. The normalized spacial score (nSPS) is 9.60. The summed E-state index contributed by atoms with van der Waals surface area (Å²) < 4.78 is 5.35. The van der Waals surface area contributed by atoms with Crippen molar-refractivity contribution in [3.05, 3.63) is 59.1 Å². The van der Waals surface area contributed by atoms with Crippen LogP contribution >= 0.6 is 0 Å². The van der Waals surface area contributed by atoms with Crippen molar-refractivity contribution < 1.29 is 9.53 Å². The fraction of sp³-hybridized carbons (Fsp3) is 0.133. The number of diazo groups is 1. The molecule has 0 saturated heterocycles. The van der Waals surface area contributed by atoms with Crippen molar-refractivity contribution >= 4 is 17.3 Å². The lowest BCUT2D eigenvalue weighted by Crippen LogP contribution is -2.11. The Labute approximate surface area is 116 Å². The summed E-state index contributed by atoms with van der Waals surface area (Å²) in [6.07, 6.45) is 0. The van der Waals surface area contributed by atoms with Crippen molar-refractivity contribution in [1.82, 2.24) is 0 Å². The van der Waals surface area contributed by atoms with Gasteiger partial charge >= 0.3 is 5.69 Å². The molecule has 20 heavy (non-hydrogen) atoms. The quantitative estimate of drug-likeness (QED) is 0.857. The SMILES string of the molecule is CCOc1cc(NC(=O)c2ccccc2)ccc1[N+]#N. The van der Waals surface area contributed by atoms with Gasteiger partial charge in [-0.2, -0.15) is 0 Å². The first-order chi connectivity index (χ1) is 9.74. The first kappa shape index (κ1) is 13.6. The number of nitrogens with one attached hydrogen (secondary N) is 1. The number of carbonyl (C=O) groups excluding carboxylic acids is 1. The van der Waals surface area contributed by atoms with Gasteiger partial charge in [-0.15, -0.1) is 0 Å². The molecule has 0 heterocycles. The van der Waals surface area contributed by atoms with Gasteiger partial charge in [-0.25, -0.2) is 0 Å². The van der Waals surface area contributed by atoms with Gasteiger partial charge in [0.05, 0.1) is 6.61 Å². The highest BCUT2D eigenvalue weighted by atomic mass is 16.5. The van der Waals surface area contributed by atoms with Crippen LogP contribution in [-0.4, -0.2) is 12.5 Å². The van der Waals surface area contributed by atoms with Gasteiger partial charge < -0.3 is 10.1 Å². The number of hydrogen-bond acceptors (Lipinski definition) is 3. The molecule has 2 rings (SSSR count). The summed E-state index contributed by atoms with van der Waals surface area (Å²) >= 11 is 0. The van der Waals surface area contributed by atoms with Crippen LogP contribution in [0, 0.1) is 5.39 Å². The first-order valence-electron chi connectivity index (χ1n) is 6.23. The standard InChI is InChI=1S/C15H13N3O2/c1-2-20-14-10-12(8-9-13(14)18-16)17-15(19)11-6-4-3-5-7-11/h3-10H,2H2,1H3/p+1. The van der Waals surface area contributed by atoms with Crippen molar-refractivity contribution in [3.63, 3.8) is 0 Å². The van der Waals surface area contributed by atoms with Gasteiger partial charge in [0.15, 0.2) is 4.98 Å².